The highest BCUT2D eigenvalue weighted by atomic mass is 32.2. The van der Waals surface area contributed by atoms with Gasteiger partial charge in [0, 0.05) is 18.0 Å². The molecule has 1 aliphatic rings. The maximum Gasteiger partial charge on any atom is 0.331 e. The van der Waals surface area contributed by atoms with E-state index in [4.69, 9.17) is 4.74 Å². The third kappa shape index (κ3) is 3.03. The second kappa shape index (κ2) is 5.93. The van der Waals surface area contributed by atoms with Crippen LogP contribution in [0.1, 0.15) is 0 Å². The van der Waals surface area contributed by atoms with Gasteiger partial charge in [0.05, 0.1) is 16.9 Å². The summed E-state index contributed by atoms with van der Waals surface area (Å²) in [5, 5.41) is 3.03. The molecule has 0 atom stereocenters. The summed E-state index contributed by atoms with van der Waals surface area (Å²) in [5.74, 6) is 1.31. The summed E-state index contributed by atoms with van der Waals surface area (Å²) in [4.78, 5) is 13.1. The predicted molar refractivity (Wildman–Crippen MR) is 81.9 cm³/mol. The molecule has 1 N–H and O–H groups in total. The van der Waals surface area contributed by atoms with E-state index in [-0.39, 0.29) is 0 Å². The number of hydrogen-bond acceptors (Lipinski definition) is 5. The largest absolute Gasteiger partial charge is 0.466 e. The van der Waals surface area contributed by atoms with Crippen molar-refractivity contribution >= 4 is 23.4 Å². The third-order valence-electron chi connectivity index (χ3n) is 2.90. The Labute approximate surface area is 126 Å². The van der Waals surface area contributed by atoms with Crippen molar-refractivity contribution in [2.75, 3.05) is 12.4 Å². The fourth-order valence-electron chi connectivity index (χ4n) is 1.89. The minimum atomic E-state index is -0.396. The second-order valence-corrected chi connectivity index (χ2v) is 5.40. The number of carbonyl (C=O) groups excluding carboxylic acids is 1. The van der Waals surface area contributed by atoms with E-state index in [0.29, 0.717) is 0 Å². The van der Waals surface area contributed by atoms with Crippen molar-refractivity contribution in [3.63, 3.8) is 0 Å². The minimum Gasteiger partial charge on any atom is -0.466 e. The lowest BCUT2D eigenvalue weighted by atomic mass is 10.3. The van der Waals surface area contributed by atoms with E-state index in [1.807, 2.05) is 42.5 Å². The van der Waals surface area contributed by atoms with Crippen molar-refractivity contribution < 1.29 is 14.3 Å². The van der Waals surface area contributed by atoms with Gasteiger partial charge in [-0.25, -0.2) is 4.79 Å². The summed E-state index contributed by atoms with van der Waals surface area (Å²) in [6.07, 6.45) is 2.88. The van der Waals surface area contributed by atoms with E-state index in [0.717, 1.165) is 27.0 Å². The van der Waals surface area contributed by atoms with Crippen molar-refractivity contribution in [2.24, 2.45) is 0 Å². The lowest BCUT2D eigenvalue weighted by Gasteiger charge is -2.19. The van der Waals surface area contributed by atoms with Gasteiger partial charge in [0.1, 0.15) is 11.5 Å². The van der Waals surface area contributed by atoms with Crippen molar-refractivity contribution in [1.82, 2.24) is 0 Å². The number of fused-ring (bicyclic) bond motifs is 2. The molecule has 0 aromatic heterocycles. The van der Waals surface area contributed by atoms with Crippen LogP contribution in [0.5, 0.6) is 11.5 Å². The monoisotopic (exact) mass is 299 g/mol. The Morgan fingerprint density at radius 3 is 2.86 bits per heavy atom. The number of anilines is 1. The smallest absolute Gasteiger partial charge is 0.331 e. The Kier molecular flexibility index (Phi) is 3.83. The summed E-state index contributed by atoms with van der Waals surface area (Å²) in [6, 6.07) is 13.7. The number of esters is 1. The van der Waals surface area contributed by atoms with Crippen molar-refractivity contribution in [2.45, 2.75) is 9.79 Å². The van der Waals surface area contributed by atoms with Gasteiger partial charge in [-0.3, -0.25) is 0 Å². The summed E-state index contributed by atoms with van der Waals surface area (Å²) >= 11 is 1.66. The van der Waals surface area contributed by atoms with Crippen molar-refractivity contribution in [3.05, 3.63) is 54.7 Å². The molecule has 5 heteroatoms. The van der Waals surface area contributed by atoms with Crippen LogP contribution in [-0.4, -0.2) is 13.1 Å². The van der Waals surface area contributed by atoms with Crippen LogP contribution in [-0.2, 0) is 9.53 Å². The maximum atomic E-state index is 11.0. The Morgan fingerprint density at radius 2 is 2.00 bits per heavy atom. The van der Waals surface area contributed by atoms with E-state index in [1.165, 1.54) is 13.2 Å². The number of carbonyl (C=O) groups is 1. The minimum absolute atomic E-state index is 0.396. The second-order valence-electron chi connectivity index (χ2n) is 4.31. The molecule has 0 spiro atoms. The topological polar surface area (TPSA) is 47.6 Å². The number of para-hydroxylation sites is 1. The molecule has 1 heterocycles. The van der Waals surface area contributed by atoms with E-state index in [2.05, 4.69) is 10.1 Å². The molecule has 0 radical (unpaired) electrons. The van der Waals surface area contributed by atoms with E-state index >= 15 is 0 Å². The van der Waals surface area contributed by atoms with Gasteiger partial charge in [-0.2, -0.15) is 0 Å². The van der Waals surface area contributed by atoms with E-state index in [9.17, 15) is 4.79 Å². The Hall–Kier alpha value is -2.40. The highest BCUT2D eigenvalue weighted by Gasteiger charge is 2.17. The highest BCUT2D eigenvalue weighted by molar-refractivity contribution is 7.99. The lowest BCUT2D eigenvalue weighted by molar-refractivity contribution is -0.134. The van der Waals surface area contributed by atoms with Gasteiger partial charge in [0.25, 0.3) is 0 Å². The number of benzene rings is 2. The first-order valence-electron chi connectivity index (χ1n) is 6.36. The summed E-state index contributed by atoms with van der Waals surface area (Å²) < 4.78 is 10.4. The Morgan fingerprint density at radius 1 is 1.19 bits per heavy atom. The number of methoxy groups -OCH3 is 1. The standard InChI is InChI=1S/C16H13NO3S/c1-19-16(18)8-9-17-11-6-7-13-15(10-11)21-14-5-3-2-4-12(14)20-13/h2-10,17H,1H3/b9-8+. The van der Waals surface area contributed by atoms with Gasteiger partial charge in [0.2, 0.25) is 0 Å². The summed E-state index contributed by atoms with van der Waals surface area (Å²) in [5.41, 5.74) is 0.879. The SMILES string of the molecule is COC(=O)/C=C/Nc1ccc2c(c1)Sc1ccccc1O2. The summed E-state index contributed by atoms with van der Waals surface area (Å²) in [6.45, 7) is 0. The molecule has 0 amide bonds. The molecule has 0 saturated carbocycles. The van der Waals surface area contributed by atoms with Crippen LogP contribution < -0.4 is 10.1 Å². The maximum absolute atomic E-state index is 11.0. The molecular weight excluding hydrogens is 286 g/mol. The van der Waals surface area contributed by atoms with Crippen LogP contribution in [0.3, 0.4) is 0 Å². The predicted octanol–water partition coefficient (Wildman–Crippen LogP) is 4.04. The molecule has 0 bridgehead atoms. The first-order chi connectivity index (χ1) is 10.3. The molecule has 0 unspecified atom stereocenters. The van der Waals surface area contributed by atoms with Crippen LogP contribution >= 0.6 is 11.8 Å². The molecule has 106 valence electrons. The molecule has 21 heavy (non-hydrogen) atoms. The molecule has 4 nitrogen and oxygen atoms in total. The normalized spacial score (nSPS) is 12.2. The molecule has 2 aromatic carbocycles. The quantitative estimate of drug-likeness (QED) is 0.584. The van der Waals surface area contributed by atoms with Gasteiger partial charge in [-0.05, 0) is 30.3 Å². The van der Waals surface area contributed by atoms with E-state index in [1.54, 1.807) is 18.0 Å². The molecule has 0 saturated heterocycles. The summed E-state index contributed by atoms with van der Waals surface area (Å²) in [7, 11) is 1.34. The van der Waals surface area contributed by atoms with Gasteiger partial charge < -0.3 is 14.8 Å². The van der Waals surface area contributed by atoms with Gasteiger partial charge in [-0.1, -0.05) is 23.9 Å². The zero-order valence-corrected chi connectivity index (χ0v) is 12.1. The average Bonchev–Trinajstić information content (AvgIpc) is 2.52. The van der Waals surface area contributed by atoms with Gasteiger partial charge in [0.15, 0.2) is 0 Å². The average molecular weight is 299 g/mol. The Bertz CT molecular complexity index is 712. The Balaban J connectivity index is 1.77. The fraction of sp³-hybridized carbons (Fsp3) is 0.0625. The van der Waals surface area contributed by atoms with Crippen LogP contribution in [0, 0.1) is 0 Å². The molecule has 1 aliphatic heterocycles. The molecular formula is C16H13NO3S. The molecule has 3 rings (SSSR count). The van der Waals surface area contributed by atoms with Crippen LogP contribution in [0.25, 0.3) is 0 Å². The van der Waals surface area contributed by atoms with E-state index < -0.39 is 5.97 Å². The first-order valence-corrected chi connectivity index (χ1v) is 7.18. The molecule has 2 aromatic rings. The number of rotatable bonds is 3. The number of ether oxygens (including phenoxy) is 2. The lowest BCUT2D eigenvalue weighted by Crippen LogP contribution is -1.98. The molecule has 0 fully saturated rings. The van der Waals surface area contributed by atoms with Crippen LogP contribution in [0.2, 0.25) is 0 Å². The zero-order valence-electron chi connectivity index (χ0n) is 11.3. The van der Waals surface area contributed by atoms with Gasteiger partial charge in [-0.15, -0.1) is 0 Å². The fourth-order valence-corrected chi connectivity index (χ4v) is 2.88. The highest BCUT2D eigenvalue weighted by Crippen LogP contribution is 2.47. The van der Waals surface area contributed by atoms with Gasteiger partial charge >= 0.3 is 5.97 Å². The molecule has 0 aliphatic carbocycles. The number of nitrogens with one attached hydrogen (secondary N) is 1. The zero-order chi connectivity index (χ0) is 14.7. The van der Waals surface area contributed by atoms with Crippen molar-refractivity contribution in [3.8, 4) is 11.5 Å². The van der Waals surface area contributed by atoms with Crippen LogP contribution in [0.15, 0.2) is 64.5 Å². The van der Waals surface area contributed by atoms with Crippen molar-refractivity contribution in [1.29, 1.82) is 0 Å². The number of hydrogen-bond donors (Lipinski definition) is 1. The third-order valence-corrected chi connectivity index (χ3v) is 4.00. The van der Waals surface area contributed by atoms with Crippen LogP contribution in [0.4, 0.5) is 5.69 Å². The first kappa shape index (κ1) is 13.6.